The van der Waals surface area contributed by atoms with Gasteiger partial charge < -0.3 is 4.18 Å². The van der Waals surface area contributed by atoms with E-state index in [-0.39, 0.29) is 0 Å². The molecule has 0 aromatic carbocycles. The van der Waals surface area contributed by atoms with Crippen LogP contribution in [0.25, 0.3) is 0 Å². The second-order valence-corrected chi connectivity index (χ2v) is 3.02. The Balaban J connectivity index is 3.05. The second-order valence-electron chi connectivity index (χ2n) is 2.42. The van der Waals surface area contributed by atoms with E-state index in [0.29, 0.717) is 11.4 Å². The zero-order valence-electron chi connectivity index (χ0n) is 7.07. The van der Waals surface area contributed by atoms with Crippen molar-refractivity contribution in [2.45, 2.75) is 13.8 Å². The summed E-state index contributed by atoms with van der Waals surface area (Å²) >= 11 is -2.28. The third kappa shape index (κ3) is 1.64. The first-order valence-corrected chi connectivity index (χ1v) is 4.35. The molecule has 1 aromatic rings. The minimum absolute atomic E-state index is 0.373. The molecular weight excluding hydrogens is 180 g/mol. The highest BCUT2D eigenvalue weighted by atomic mass is 32.2. The van der Waals surface area contributed by atoms with E-state index in [1.54, 1.807) is 25.6 Å². The highest BCUT2D eigenvalue weighted by Crippen LogP contribution is 2.21. The number of nitrogens with zero attached hydrogens (tertiary/aromatic N) is 2. The van der Waals surface area contributed by atoms with Crippen molar-refractivity contribution in [1.29, 1.82) is 0 Å². The Morgan fingerprint density at radius 2 is 2.17 bits per heavy atom. The predicted octanol–water partition coefficient (Wildman–Crippen LogP) is 0.552. The quantitative estimate of drug-likeness (QED) is 0.692. The first-order chi connectivity index (χ1) is 5.52. The molecule has 0 amide bonds. The van der Waals surface area contributed by atoms with Crippen LogP contribution >= 0.6 is 0 Å². The van der Waals surface area contributed by atoms with E-state index in [4.69, 9.17) is 4.55 Å². The molecule has 1 aromatic heterocycles. The van der Waals surface area contributed by atoms with Gasteiger partial charge >= 0.3 is 11.4 Å². The lowest BCUT2D eigenvalue weighted by Gasteiger charge is -1.98. The van der Waals surface area contributed by atoms with E-state index in [1.807, 2.05) is 0 Å². The Morgan fingerprint density at radius 1 is 1.58 bits per heavy atom. The molecule has 1 heterocycles. The number of hydrogen-bond acceptors (Lipinski definition) is 3. The summed E-state index contributed by atoms with van der Waals surface area (Å²) in [6.07, 6.45) is 0. The summed E-state index contributed by atoms with van der Waals surface area (Å²) in [7, 11) is 1.75. The molecule has 1 N–H and O–H groups in total. The number of hydrogen-bond donors (Lipinski definition) is 1. The molecule has 0 radical (unpaired) electrons. The predicted molar refractivity (Wildman–Crippen MR) is 44.1 cm³/mol. The van der Waals surface area contributed by atoms with E-state index in [2.05, 4.69) is 9.28 Å². The molecule has 12 heavy (non-hydrogen) atoms. The van der Waals surface area contributed by atoms with Gasteiger partial charge in [-0.15, -0.1) is 0 Å². The summed E-state index contributed by atoms with van der Waals surface area (Å²) in [6, 6.07) is 0. The van der Waals surface area contributed by atoms with Crippen molar-refractivity contribution in [2.24, 2.45) is 7.05 Å². The molecule has 0 saturated carbocycles. The molecule has 68 valence electrons. The Hall–Kier alpha value is -0.880. The van der Waals surface area contributed by atoms with Gasteiger partial charge in [0.2, 0.25) is 0 Å². The van der Waals surface area contributed by atoms with Gasteiger partial charge in [-0.2, -0.15) is 9.31 Å². The lowest BCUT2D eigenvalue weighted by molar-refractivity contribution is 0.454. The number of aromatic nitrogens is 2. The van der Waals surface area contributed by atoms with Crippen LogP contribution in [0.1, 0.15) is 11.4 Å². The van der Waals surface area contributed by atoms with Crippen molar-refractivity contribution < 1.29 is 12.9 Å². The van der Waals surface area contributed by atoms with Crippen molar-refractivity contribution >= 4 is 11.4 Å². The average molecular weight is 190 g/mol. The molecule has 0 fully saturated rings. The molecule has 0 saturated heterocycles. The Labute approximate surface area is 72.8 Å². The lowest BCUT2D eigenvalue weighted by Crippen LogP contribution is -1.99. The number of rotatable bonds is 2. The first kappa shape index (κ1) is 9.21. The van der Waals surface area contributed by atoms with Gasteiger partial charge in [-0.25, -0.2) is 0 Å². The van der Waals surface area contributed by atoms with Crippen LogP contribution in [0.15, 0.2) is 0 Å². The van der Waals surface area contributed by atoms with E-state index in [0.717, 1.165) is 5.69 Å². The van der Waals surface area contributed by atoms with Crippen LogP contribution < -0.4 is 4.18 Å². The van der Waals surface area contributed by atoms with Gasteiger partial charge in [-0.05, 0) is 13.8 Å². The summed E-state index contributed by atoms with van der Waals surface area (Å²) in [6.45, 7) is 3.48. The lowest BCUT2D eigenvalue weighted by atomic mass is 10.4. The SMILES string of the molecule is Cc1nn(C)c(C)c1OS(=O)O. The molecule has 0 bridgehead atoms. The first-order valence-electron chi connectivity index (χ1n) is 3.31. The minimum Gasteiger partial charge on any atom is -0.376 e. The fourth-order valence-electron chi connectivity index (χ4n) is 0.946. The van der Waals surface area contributed by atoms with Crippen LogP contribution in [-0.4, -0.2) is 18.5 Å². The highest BCUT2D eigenvalue weighted by molar-refractivity contribution is 7.74. The molecular formula is C6H10N2O3S. The van der Waals surface area contributed by atoms with Gasteiger partial charge in [0.05, 0.1) is 5.69 Å². The monoisotopic (exact) mass is 190 g/mol. The van der Waals surface area contributed by atoms with Crippen LogP contribution in [0.3, 0.4) is 0 Å². The number of aryl methyl sites for hydroxylation is 2. The van der Waals surface area contributed by atoms with Crippen LogP contribution in [0.4, 0.5) is 0 Å². The maximum Gasteiger partial charge on any atom is 0.357 e. The van der Waals surface area contributed by atoms with E-state index in [9.17, 15) is 4.21 Å². The van der Waals surface area contributed by atoms with E-state index < -0.39 is 11.4 Å². The Morgan fingerprint density at radius 3 is 2.50 bits per heavy atom. The maximum absolute atomic E-state index is 10.3. The third-order valence-corrected chi connectivity index (χ3v) is 1.91. The summed E-state index contributed by atoms with van der Waals surface area (Å²) in [5.41, 5.74) is 1.34. The van der Waals surface area contributed by atoms with Crippen molar-refractivity contribution in [2.75, 3.05) is 0 Å². The average Bonchev–Trinajstić information content (AvgIpc) is 2.16. The second kappa shape index (κ2) is 3.24. The van der Waals surface area contributed by atoms with Crippen LogP contribution in [0.5, 0.6) is 5.75 Å². The van der Waals surface area contributed by atoms with Crippen LogP contribution in [0.2, 0.25) is 0 Å². The van der Waals surface area contributed by atoms with Crippen molar-refractivity contribution in [3.8, 4) is 5.75 Å². The minimum atomic E-state index is -2.28. The van der Waals surface area contributed by atoms with Gasteiger partial charge in [-0.3, -0.25) is 9.23 Å². The largest absolute Gasteiger partial charge is 0.376 e. The molecule has 6 heteroatoms. The fraction of sp³-hybridized carbons (Fsp3) is 0.500. The Kier molecular flexibility index (Phi) is 2.49. The normalized spacial score (nSPS) is 13.0. The zero-order valence-corrected chi connectivity index (χ0v) is 7.88. The van der Waals surface area contributed by atoms with E-state index in [1.165, 1.54) is 0 Å². The zero-order chi connectivity index (χ0) is 9.30. The Bertz CT molecular complexity index is 321. The maximum atomic E-state index is 10.3. The van der Waals surface area contributed by atoms with Crippen LogP contribution in [0, 0.1) is 13.8 Å². The summed E-state index contributed by atoms with van der Waals surface area (Å²) < 4.78 is 25.0. The summed E-state index contributed by atoms with van der Waals surface area (Å²) in [5, 5.41) is 4.01. The van der Waals surface area contributed by atoms with Crippen molar-refractivity contribution in [3.05, 3.63) is 11.4 Å². The van der Waals surface area contributed by atoms with Gasteiger partial charge in [0, 0.05) is 7.05 Å². The molecule has 0 aliphatic heterocycles. The van der Waals surface area contributed by atoms with Gasteiger partial charge in [-0.1, -0.05) is 0 Å². The van der Waals surface area contributed by atoms with Gasteiger partial charge in [0.25, 0.3) is 0 Å². The topological polar surface area (TPSA) is 64.4 Å². The highest BCUT2D eigenvalue weighted by Gasteiger charge is 2.12. The molecule has 1 unspecified atom stereocenters. The third-order valence-electron chi connectivity index (χ3n) is 1.60. The summed E-state index contributed by atoms with van der Waals surface area (Å²) in [4.78, 5) is 0. The smallest absolute Gasteiger partial charge is 0.357 e. The standard InChI is InChI=1S/C6H10N2O3S/c1-4-6(11-12(9)10)5(2)8(3)7-4/h1-3H3,(H,9,10). The summed E-state index contributed by atoms with van der Waals surface area (Å²) in [5.74, 6) is 0.373. The molecule has 0 aliphatic rings. The van der Waals surface area contributed by atoms with Gasteiger partial charge in [0.15, 0.2) is 5.75 Å². The van der Waals surface area contributed by atoms with Crippen molar-refractivity contribution in [1.82, 2.24) is 9.78 Å². The van der Waals surface area contributed by atoms with Crippen LogP contribution in [-0.2, 0) is 18.4 Å². The van der Waals surface area contributed by atoms with Gasteiger partial charge in [0.1, 0.15) is 5.69 Å². The molecule has 0 aliphatic carbocycles. The van der Waals surface area contributed by atoms with Crippen molar-refractivity contribution in [3.63, 3.8) is 0 Å². The fourth-order valence-corrected chi connectivity index (χ4v) is 1.33. The molecule has 1 rings (SSSR count). The molecule has 0 spiro atoms. The molecule has 5 nitrogen and oxygen atoms in total. The van der Waals surface area contributed by atoms with E-state index >= 15 is 0 Å². The molecule has 1 atom stereocenters.